The van der Waals surface area contributed by atoms with Gasteiger partial charge in [-0.25, -0.2) is 0 Å². The van der Waals surface area contributed by atoms with Crippen molar-refractivity contribution in [2.75, 3.05) is 26.2 Å². The molecule has 0 radical (unpaired) electrons. The monoisotopic (exact) mass is 510 g/mol. The van der Waals surface area contributed by atoms with Gasteiger partial charge in [-0.1, -0.05) is 20.3 Å². The van der Waals surface area contributed by atoms with Crippen LogP contribution in [0.15, 0.2) is 4.99 Å². The molecule has 1 aliphatic heterocycles. The first kappa shape index (κ1) is 30.7. The summed E-state index contributed by atoms with van der Waals surface area (Å²) < 4.78 is 0. The maximum Gasteiger partial charge on any atom is 0.245 e. The number of nitrogens with two attached hydrogens (primary N) is 2. The van der Waals surface area contributed by atoms with Crippen LogP contribution in [0.5, 0.6) is 0 Å². The lowest BCUT2D eigenvalue weighted by atomic mass is 9.97. The molecule has 1 aliphatic rings. The van der Waals surface area contributed by atoms with Crippen LogP contribution in [0.25, 0.3) is 0 Å². The Bertz CT molecular complexity index is 814. The van der Waals surface area contributed by atoms with Gasteiger partial charge >= 0.3 is 0 Å². The average molecular weight is 511 g/mol. The summed E-state index contributed by atoms with van der Waals surface area (Å²) in [7, 11) is 0. The highest BCUT2D eigenvalue weighted by Crippen LogP contribution is 2.20. The molecule has 1 fully saturated rings. The molecule has 1 saturated heterocycles. The van der Waals surface area contributed by atoms with E-state index in [0.29, 0.717) is 38.8 Å². The highest BCUT2D eigenvalue weighted by Gasteiger charge is 2.38. The molecular formula is C23H42N8O5. The van der Waals surface area contributed by atoms with E-state index in [4.69, 9.17) is 11.5 Å². The Morgan fingerprint density at radius 1 is 1.08 bits per heavy atom. The molecule has 1 rings (SSSR count). The van der Waals surface area contributed by atoms with Gasteiger partial charge in [-0.3, -0.25) is 29.0 Å². The van der Waals surface area contributed by atoms with Gasteiger partial charge in [0.05, 0.1) is 6.54 Å². The quantitative estimate of drug-likeness (QED) is 0.0909. The first-order chi connectivity index (χ1) is 17.0. The molecular weight excluding hydrogens is 468 g/mol. The fraction of sp³-hybridized carbons (Fsp3) is 0.739. The maximum absolute atomic E-state index is 13.5. The van der Waals surface area contributed by atoms with E-state index in [-0.39, 0.29) is 49.1 Å². The Morgan fingerprint density at radius 2 is 1.78 bits per heavy atom. The number of hydrogen-bond acceptors (Lipinski definition) is 6. The number of aliphatic imine (C=N–C) groups is 1. The van der Waals surface area contributed by atoms with Gasteiger partial charge in [0, 0.05) is 26.6 Å². The van der Waals surface area contributed by atoms with Crippen molar-refractivity contribution >= 4 is 35.5 Å². The van der Waals surface area contributed by atoms with Gasteiger partial charge < -0.3 is 37.6 Å². The van der Waals surface area contributed by atoms with Crippen LogP contribution in [0.1, 0.15) is 59.8 Å². The summed E-state index contributed by atoms with van der Waals surface area (Å²) in [5.74, 6) is -2.30. The molecule has 0 unspecified atom stereocenters. The molecule has 1 heterocycles. The number of likely N-dealkylation sites (N-methyl/N-ethyl adjacent to an activating group) is 1. The van der Waals surface area contributed by atoms with Crippen molar-refractivity contribution in [2.24, 2.45) is 22.4 Å². The molecule has 0 aromatic heterocycles. The number of carbonyl (C=O) groups is 5. The van der Waals surface area contributed by atoms with Gasteiger partial charge in [-0.2, -0.15) is 0 Å². The lowest BCUT2D eigenvalue weighted by Crippen LogP contribution is -2.58. The van der Waals surface area contributed by atoms with Crippen LogP contribution in [-0.2, 0) is 24.0 Å². The molecule has 204 valence electrons. The average Bonchev–Trinajstić information content (AvgIpc) is 3.32. The first-order valence-electron chi connectivity index (χ1n) is 12.5. The van der Waals surface area contributed by atoms with Crippen LogP contribution in [0, 0.1) is 5.92 Å². The van der Waals surface area contributed by atoms with E-state index in [1.54, 1.807) is 6.92 Å². The molecule has 8 N–H and O–H groups in total. The summed E-state index contributed by atoms with van der Waals surface area (Å²) in [4.78, 5) is 68.1. The van der Waals surface area contributed by atoms with Gasteiger partial charge in [0.25, 0.3) is 0 Å². The van der Waals surface area contributed by atoms with E-state index < -0.39 is 29.9 Å². The Hall–Kier alpha value is -3.38. The summed E-state index contributed by atoms with van der Waals surface area (Å²) in [5.41, 5.74) is 10.8. The first-order valence-corrected chi connectivity index (χ1v) is 12.5. The second-order valence-electron chi connectivity index (χ2n) is 8.93. The van der Waals surface area contributed by atoms with Crippen LogP contribution in [0.3, 0.4) is 0 Å². The molecule has 0 bridgehead atoms. The van der Waals surface area contributed by atoms with E-state index in [2.05, 4.69) is 26.3 Å². The van der Waals surface area contributed by atoms with Crippen molar-refractivity contribution in [3.8, 4) is 0 Å². The predicted octanol–water partition coefficient (Wildman–Crippen LogP) is -1.68. The van der Waals surface area contributed by atoms with Crippen molar-refractivity contribution in [2.45, 2.75) is 77.9 Å². The molecule has 5 amide bonds. The van der Waals surface area contributed by atoms with Crippen LogP contribution in [0.2, 0.25) is 0 Å². The zero-order chi connectivity index (χ0) is 27.3. The Balaban J connectivity index is 3.06. The molecule has 36 heavy (non-hydrogen) atoms. The topological polar surface area (TPSA) is 201 Å². The van der Waals surface area contributed by atoms with Gasteiger partial charge in [0.2, 0.25) is 29.5 Å². The highest BCUT2D eigenvalue weighted by molar-refractivity contribution is 5.95. The number of rotatable bonds is 14. The molecule has 0 aromatic rings. The van der Waals surface area contributed by atoms with Crippen LogP contribution in [-0.4, -0.2) is 84.7 Å². The second kappa shape index (κ2) is 15.6. The smallest absolute Gasteiger partial charge is 0.245 e. The summed E-state index contributed by atoms with van der Waals surface area (Å²) in [6, 6.07) is -2.44. The standard InChI is InChI=1S/C23H42N8O5/c1-5-14(3)19(30-18(33)13-28-15(4)32)21(35)29-16(9-7-11-27-23(24)25)22(36)31-12-8-10-17(31)20(34)26-6-2/h14,16-17,19H,5-13H2,1-4H3,(H,26,34)(H,28,32)(H,29,35)(H,30,33)(H4,24,25,27)/t14-,16-,17-,19-/m0/s1. The Morgan fingerprint density at radius 3 is 2.36 bits per heavy atom. The molecule has 4 atom stereocenters. The van der Waals surface area contributed by atoms with Crippen LogP contribution >= 0.6 is 0 Å². The Labute approximate surface area is 212 Å². The maximum atomic E-state index is 13.5. The van der Waals surface area contributed by atoms with Gasteiger partial charge in [0.15, 0.2) is 5.96 Å². The van der Waals surface area contributed by atoms with Gasteiger partial charge in [-0.05, 0) is 38.5 Å². The normalized spacial score (nSPS) is 17.3. The van der Waals surface area contributed by atoms with Crippen LogP contribution in [0.4, 0.5) is 0 Å². The highest BCUT2D eigenvalue weighted by atomic mass is 16.2. The van der Waals surface area contributed by atoms with Crippen molar-refractivity contribution < 1.29 is 24.0 Å². The number of carbonyl (C=O) groups excluding carboxylic acids is 5. The third kappa shape index (κ3) is 10.1. The zero-order valence-corrected chi connectivity index (χ0v) is 21.8. The van der Waals surface area contributed by atoms with E-state index in [9.17, 15) is 24.0 Å². The molecule has 13 heteroatoms. The van der Waals surface area contributed by atoms with Crippen LogP contribution < -0.4 is 32.7 Å². The van der Waals surface area contributed by atoms with Gasteiger partial charge in [-0.15, -0.1) is 0 Å². The summed E-state index contributed by atoms with van der Waals surface area (Å²) in [6.45, 7) is 7.64. The second-order valence-corrected chi connectivity index (χ2v) is 8.93. The molecule has 0 aromatic carbocycles. The van der Waals surface area contributed by atoms with E-state index in [0.717, 1.165) is 0 Å². The van der Waals surface area contributed by atoms with Crippen molar-refractivity contribution in [1.82, 2.24) is 26.2 Å². The lowest BCUT2D eigenvalue weighted by Gasteiger charge is -2.30. The van der Waals surface area contributed by atoms with Crippen molar-refractivity contribution in [3.05, 3.63) is 0 Å². The number of guanidine groups is 1. The molecule has 13 nitrogen and oxygen atoms in total. The molecule has 0 aliphatic carbocycles. The third-order valence-electron chi connectivity index (χ3n) is 6.06. The van der Waals surface area contributed by atoms with Gasteiger partial charge in [0.1, 0.15) is 18.1 Å². The third-order valence-corrected chi connectivity index (χ3v) is 6.06. The fourth-order valence-electron chi connectivity index (χ4n) is 3.95. The molecule has 0 spiro atoms. The minimum Gasteiger partial charge on any atom is -0.370 e. The van der Waals surface area contributed by atoms with Crippen molar-refractivity contribution in [1.29, 1.82) is 0 Å². The molecule has 0 saturated carbocycles. The minimum atomic E-state index is -0.930. The largest absolute Gasteiger partial charge is 0.370 e. The summed E-state index contributed by atoms with van der Waals surface area (Å²) >= 11 is 0. The number of hydrogen-bond donors (Lipinski definition) is 6. The number of nitrogens with zero attached hydrogens (tertiary/aromatic N) is 2. The zero-order valence-electron chi connectivity index (χ0n) is 21.8. The minimum absolute atomic E-state index is 0.0727. The van der Waals surface area contributed by atoms with E-state index >= 15 is 0 Å². The van der Waals surface area contributed by atoms with Crippen molar-refractivity contribution in [3.63, 3.8) is 0 Å². The SMILES string of the molecule is CCNC(=O)[C@@H]1CCCN1C(=O)[C@H](CCCN=C(N)N)NC(=O)[C@@H](NC(=O)CNC(C)=O)[C@@H](C)CC. The fourth-order valence-corrected chi connectivity index (χ4v) is 3.95. The summed E-state index contributed by atoms with van der Waals surface area (Å²) in [5, 5.41) is 10.6. The lowest BCUT2D eigenvalue weighted by molar-refractivity contribution is -0.142. The number of nitrogens with one attached hydrogen (secondary N) is 4. The number of likely N-dealkylation sites (tertiary alicyclic amines) is 1. The van der Waals surface area contributed by atoms with E-state index in [1.807, 2.05) is 13.8 Å². The summed E-state index contributed by atoms with van der Waals surface area (Å²) in [6.07, 6.45) is 2.47. The number of amides is 5. The Kier molecular flexibility index (Phi) is 13.3. The predicted molar refractivity (Wildman–Crippen MR) is 135 cm³/mol. The van der Waals surface area contributed by atoms with E-state index in [1.165, 1.54) is 11.8 Å².